The fraction of sp³-hybridized carbons (Fsp3) is 0.333. The highest BCUT2D eigenvalue weighted by Crippen LogP contribution is 2.35. The average Bonchev–Trinajstić information content (AvgIpc) is 3.43. The Kier molecular flexibility index (Phi) is 8.28. The Morgan fingerprint density at radius 3 is 2.38 bits per heavy atom. The summed E-state index contributed by atoms with van der Waals surface area (Å²) in [5.74, 6) is -0.280. The number of anilines is 1. The normalized spacial score (nSPS) is 16.4. The number of nitriles is 1. The molecule has 9 heteroatoms. The third-order valence-corrected chi connectivity index (χ3v) is 9.11. The molecule has 1 aliphatic rings. The Morgan fingerprint density at radius 2 is 1.74 bits per heavy atom. The van der Waals surface area contributed by atoms with Crippen molar-refractivity contribution in [2.75, 3.05) is 26.1 Å². The number of carbonyl (C=O) groups excluding carboxylic acids is 1. The molecule has 1 fully saturated rings. The Labute approximate surface area is 230 Å². The van der Waals surface area contributed by atoms with Gasteiger partial charge in [0.2, 0.25) is 15.9 Å². The number of hydrogen-bond acceptors (Lipinski definition) is 6. The quantitative estimate of drug-likeness (QED) is 0.422. The highest BCUT2D eigenvalue weighted by atomic mass is 32.2. The van der Waals surface area contributed by atoms with Gasteiger partial charge in [0.25, 0.3) is 0 Å². The molecule has 1 heterocycles. The Hall–Kier alpha value is -3.87. The molecule has 0 aliphatic carbocycles. The predicted octanol–water partition coefficient (Wildman–Crippen LogP) is 5.08. The van der Waals surface area contributed by atoms with Gasteiger partial charge in [-0.25, -0.2) is 8.42 Å². The molecule has 0 aromatic heterocycles. The van der Waals surface area contributed by atoms with E-state index in [-0.39, 0.29) is 17.2 Å². The van der Waals surface area contributed by atoms with Crippen molar-refractivity contribution >= 4 is 21.6 Å². The van der Waals surface area contributed by atoms with E-state index in [1.807, 2.05) is 57.2 Å². The molecule has 3 aromatic rings. The second kappa shape index (κ2) is 11.5. The van der Waals surface area contributed by atoms with E-state index in [1.54, 1.807) is 6.07 Å². The molecule has 1 amide bonds. The molecule has 204 valence electrons. The first kappa shape index (κ1) is 28.1. The summed E-state index contributed by atoms with van der Waals surface area (Å²) < 4.78 is 39.1. The minimum atomic E-state index is -4.04. The number of hydrogen-bond donors (Lipinski definition) is 1. The lowest BCUT2D eigenvalue weighted by molar-refractivity contribution is -0.119. The van der Waals surface area contributed by atoms with Crippen LogP contribution >= 0.6 is 0 Å². The molecule has 0 bridgehead atoms. The molecule has 4 rings (SSSR count). The number of nitrogens with one attached hydrogen (secondary N) is 1. The van der Waals surface area contributed by atoms with E-state index < -0.39 is 27.9 Å². The van der Waals surface area contributed by atoms with Gasteiger partial charge >= 0.3 is 0 Å². The zero-order valence-electron chi connectivity index (χ0n) is 22.8. The van der Waals surface area contributed by atoms with Crippen LogP contribution in [0.4, 0.5) is 5.69 Å². The number of sulfonamides is 1. The third kappa shape index (κ3) is 5.63. The number of benzene rings is 3. The van der Waals surface area contributed by atoms with Gasteiger partial charge in [0, 0.05) is 18.3 Å². The minimum Gasteiger partial charge on any atom is -0.497 e. The van der Waals surface area contributed by atoms with Crippen molar-refractivity contribution in [2.24, 2.45) is 0 Å². The molecule has 1 saturated heterocycles. The van der Waals surface area contributed by atoms with Crippen LogP contribution in [-0.4, -0.2) is 45.4 Å². The topological polar surface area (TPSA) is 109 Å². The molecule has 8 nitrogen and oxygen atoms in total. The lowest BCUT2D eigenvalue weighted by Gasteiger charge is -2.25. The Bertz CT molecular complexity index is 1530. The number of methoxy groups -OCH3 is 2. The maximum atomic E-state index is 13.7. The molecule has 0 unspecified atom stereocenters. The SMILES string of the molecule is COc1ccc(OC)c(S(=O)(=O)N2CCC[C@H]2C(=O)Nc2cc(C)c([C@H](C#N)c3ccc(C)cc3)cc2C)c1. The van der Waals surface area contributed by atoms with E-state index in [2.05, 4.69) is 11.4 Å². The maximum Gasteiger partial charge on any atom is 0.247 e. The van der Waals surface area contributed by atoms with Crippen LogP contribution in [0, 0.1) is 32.1 Å². The number of aryl methyl sites for hydroxylation is 3. The minimum absolute atomic E-state index is 0.0425. The van der Waals surface area contributed by atoms with Crippen molar-refractivity contribution < 1.29 is 22.7 Å². The molecule has 0 spiro atoms. The summed E-state index contributed by atoms with van der Waals surface area (Å²) in [7, 11) is -1.18. The summed E-state index contributed by atoms with van der Waals surface area (Å²) in [6.45, 7) is 6.00. The van der Waals surface area contributed by atoms with E-state index in [0.717, 1.165) is 27.8 Å². The lowest BCUT2D eigenvalue weighted by Crippen LogP contribution is -2.43. The van der Waals surface area contributed by atoms with Gasteiger partial charge in [-0.05, 0) is 74.1 Å². The highest BCUT2D eigenvalue weighted by molar-refractivity contribution is 7.89. The molecule has 2 atom stereocenters. The molecular weight excluding hydrogens is 514 g/mol. The summed E-state index contributed by atoms with van der Waals surface area (Å²) in [6.07, 6.45) is 0.957. The van der Waals surface area contributed by atoms with Gasteiger partial charge in [0.15, 0.2) is 0 Å². The molecule has 1 N–H and O–H groups in total. The Balaban J connectivity index is 1.60. The fourth-order valence-corrected chi connectivity index (χ4v) is 6.81. The first-order valence-corrected chi connectivity index (χ1v) is 14.2. The van der Waals surface area contributed by atoms with Crippen LogP contribution in [0.3, 0.4) is 0 Å². The number of amides is 1. The van der Waals surface area contributed by atoms with E-state index >= 15 is 0 Å². The Morgan fingerprint density at radius 1 is 1.03 bits per heavy atom. The lowest BCUT2D eigenvalue weighted by atomic mass is 9.88. The average molecular weight is 548 g/mol. The van der Waals surface area contributed by atoms with Gasteiger partial charge in [0.1, 0.15) is 22.4 Å². The van der Waals surface area contributed by atoms with Crippen LogP contribution in [-0.2, 0) is 14.8 Å². The maximum absolute atomic E-state index is 13.7. The van der Waals surface area contributed by atoms with Gasteiger partial charge < -0.3 is 14.8 Å². The zero-order chi connectivity index (χ0) is 28.3. The first-order chi connectivity index (χ1) is 18.6. The molecule has 0 radical (unpaired) electrons. The van der Waals surface area contributed by atoms with Crippen LogP contribution in [0.15, 0.2) is 59.5 Å². The van der Waals surface area contributed by atoms with E-state index in [9.17, 15) is 18.5 Å². The summed E-state index contributed by atoms with van der Waals surface area (Å²) >= 11 is 0. The van der Waals surface area contributed by atoms with Crippen LogP contribution in [0.2, 0.25) is 0 Å². The standard InChI is InChI=1S/C30H33N3O5S/c1-19-8-10-22(11-9-19)25(18-31)24-15-21(3)26(16-20(24)2)32-30(34)27-7-6-14-33(27)39(35,36)29-17-23(37-4)12-13-28(29)38-5/h8-13,15-17,25,27H,6-7,14H2,1-5H3,(H,32,34)/t25-,27+/m1/s1. The molecular formula is C30H33N3O5S. The van der Waals surface area contributed by atoms with E-state index in [0.29, 0.717) is 24.3 Å². The third-order valence-electron chi connectivity index (χ3n) is 7.19. The van der Waals surface area contributed by atoms with Gasteiger partial charge in [-0.3, -0.25) is 4.79 Å². The molecule has 0 saturated carbocycles. The second-order valence-corrected chi connectivity index (χ2v) is 11.6. The van der Waals surface area contributed by atoms with Crippen molar-refractivity contribution in [1.82, 2.24) is 4.31 Å². The van der Waals surface area contributed by atoms with Gasteiger partial charge in [-0.1, -0.05) is 35.9 Å². The summed E-state index contributed by atoms with van der Waals surface area (Å²) in [4.78, 5) is 13.4. The van der Waals surface area contributed by atoms with Crippen molar-refractivity contribution in [3.63, 3.8) is 0 Å². The summed E-state index contributed by atoms with van der Waals surface area (Å²) in [5.41, 5.74) is 5.13. The zero-order valence-corrected chi connectivity index (χ0v) is 23.6. The van der Waals surface area contributed by atoms with Gasteiger partial charge in [-0.15, -0.1) is 0 Å². The van der Waals surface area contributed by atoms with E-state index in [4.69, 9.17) is 9.47 Å². The molecule has 3 aromatic carbocycles. The van der Waals surface area contributed by atoms with Crippen molar-refractivity contribution in [2.45, 2.75) is 50.5 Å². The first-order valence-electron chi connectivity index (χ1n) is 12.7. The van der Waals surface area contributed by atoms with Crippen molar-refractivity contribution in [3.05, 3.63) is 82.4 Å². The van der Waals surface area contributed by atoms with Crippen LogP contribution in [0.1, 0.15) is 46.6 Å². The van der Waals surface area contributed by atoms with Crippen LogP contribution < -0.4 is 14.8 Å². The molecule has 39 heavy (non-hydrogen) atoms. The monoisotopic (exact) mass is 547 g/mol. The van der Waals surface area contributed by atoms with Gasteiger partial charge in [-0.2, -0.15) is 9.57 Å². The van der Waals surface area contributed by atoms with Crippen LogP contribution in [0.25, 0.3) is 0 Å². The number of nitrogens with zero attached hydrogens (tertiary/aromatic N) is 2. The van der Waals surface area contributed by atoms with Gasteiger partial charge in [0.05, 0.1) is 26.2 Å². The predicted molar refractivity (Wildman–Crippen MR) is 150 cm³/mol. The summed E-state index contributed by atoms with van der Waals surface area (Å²) in [6, 6.07) is 17.8. The van der Waals surface area contributed by atoms with Crippen LogP contribution in [0.5, 0.6) is 11.5 Å². The van der Waals surface area contributed by atoms with Crippen molar-refractivity contribution in [3.8, 4) is 17.6 Å². The number of rotatable bonds is 8. The fourth-order valence-electron chi connectivity index (χ4n) is 4.98. The summed E-state index contributed by atoms with van der Waals surface area (Å²) in [5, 5.41) is 12.9. The highest BCUT2D eigenvalue weighted by Gasteiger charge is 2.41. The second-order valence-electron chi connectivity index (χ2n) is 9.78. The number of ether oxygens (including phenoxy) is 2. The largest absolute Gasteiger partial charge is 0.497 e. The number of carbonyl (C=O) groups is 1. The molecule has 1 aliphatic heterocycles. The van der Waals surface area contributed by atoms with E-state index in [1.165, 1.54) is 30.7 Å². The van der Waals surface area contributed by atoms with Crippen molar-refractivity contribution in [1.29, 1.82) is 5.26 Å². The smallest absolute Gasteiger partial charge is 0.247 e.